The molecule has 2 rings (SSSR count). The molecule has 2 radical (unpaired) electrons. The monoisotopic (exact) mass is 264 g/mol. The van der Waals surface area contributed by atoms with E-state index < -0.39 is 0 Å². The van der Waals surface area contributed by atoms with Gasteiger partial charge in [-0.05, 0) is 68.5 Å². The van der Waals surface area contributed by atoms with Crippen LogP contribution in [0.15, 0.2) is 24.3 Å². The predicted molar refractivity (Wildman–Crippen MR) is 86.3 cm³/mol. The highest BCUT2D eigenvalue weighted by atomic mass is 14.2. The first-order valence-corrected chi connectivity index (χ1v) is 7.50. The van der Waals surface area contributed by atoms with Crippen LogP contribution in [0.5, 0.6) is 0 Å². The molecule has 20 heavy (non-hydrogen) atoms. The van der Waals surface area contributed by atoms with Gasteiger partial charge in [0.15, 0.2) is 0 Å². The van der Waals surface area contributed by atoms with Crippen molar-refractivity contribution in [3.8, 4) is 0 Å². The maximum atomic E-state index is 3.55. The van der Waals surface area contributed by atoms with E-state index in [1.165, 1.54) is 39.8 Å². The average Bonchev–Trinajstić information content (AvgIpc) is 2.33. The predicted octanol–water partition coefficient (Wildman–Crippen LogP) is 5.45. The summed E-state index contributed by atoms with van der Waals surface area (Å²) in [5.74, 6) is 0.414. The summed E-state index contributed by atoms with van der Waals surface area (Å²) >= 11 is 0. The van der Waals surface area contributed by atoms with Gasteiger partial charge in [-0.15, -0.1) is 0 Å². The van der Waals surface area contributed by atoms with E-state index >= 15 is 0 Å². The lowest BCUT2D eigenvalue weighted by Gasteiger charge is -2.19. The number of hydrogen-bond donors (Lipinski definition) is 0. The van der Waals surface area contributed by atoms with Gasteiger partial charge in [-0.3, -0.25) is 0 Å². The average molecular weight is 264 g/mol. The highest BCUT2D eigenvalue weighted by molar-refractivity contribution is 5.38. The fraction of sp³-hybridized carbons (Fsp3) is 0.400. The topological polar surface area (TPSA) is 0 Å². The van der Waals surface area contributed by atoms with Gasteiger partial charge in [0.25, 0.3) is 0 Å². The summed E-state index contributed by atoms with van der Waals surface area (Å²) in [6, 6.07) is 16.0. The molecule has 0 aliphatic rings. The largest absolute Gasteiger partial charge is 0.0653 e. The highest BCUT2D eigenvalue weighted by Gasteiger charge is 2.15. The minimum absolute atomic E-state index is 0.414. The highest BCUT2D eigenvalue weighted by Crippen LogP contribution is 2.31. The van der Waals surface area contributed by atoms with E-state index in [1.807, 2.05) is 0 Å². The van der Waals surface area contributed by atoms with Crippen LogP contribution in [0.25, 0.3) is 0 Å². The molecule has 0 bridgehead atoms. The Hall–Kier alpha value is -1.56. The SMILES string of the molecule is CCCC(c1[c]c(C)cc(C)c1)c1[c]c(C)cc(C)c1. The van der Waals surface area contributed by atoms with Crippen LogP contribution in [-0.4, -0.2) is 0 Å². The first-order valence-electron chi connectivity index (χ1n) is 7.50. The van der Waals surface area contributed by atoms with Crippen molar-refractivity contribution >= 4 is 0 Å². The lowest BCUT2D eigenvalue weighted by Crippen LogP contribution is -2.03. The second-order valence-corrected chi connectivity index (χ2v) is 5.93. The molecule has 0 aliphatic carbocycles. The number of hydrogen-bond acceptors (Lipinski definition) is 0. The second kappa shape index (κ2) is 6.26. The molecule has 0 heteroatoms. The zero-order valence-electron chi connectivity index (χ0n) is 13.3. The summed E-state index contributed by atoms with van der Waals surface area (Å²) in [6.45, 7) is 10.8. The summed E-state index contributed by atoms with van der Waals surface area (Å²) in [5.41, 5.74) is 7.72. The lowest BCUT2D eigenvalue weighted by atomic mass is 9.85. The molecule has 0 aromatic heterocycles. The van der Waals surface area contributed by atoms with Crippen molar-refractivity contribution in [2.75, 3.05) is 0 Å². The zero-order valence-corrected chi connectivity index (χ0v) is 13.3. The molecule has 0 saturated carbocycles. The number of benzene rings is 2. The maximum Gasteiger partial charge on any atom is 0.0102 e. The van der Waals surface area contributed by atoms with E-state index in [-0.39, 0.29) is 0 Å². The third-order valence-electron chi connectivity index (χ3n) is 3.67. The van der Waals surface area contributed by atoms with Crippen molar-refractivity contribution in [1.82, 2.24) is 0 Å². The van der Waals surface area contributed by atoms with Crippen molar-refractivity contribution in [1.29, 1.82) is 0 Å². The summed E-state index contributed by atoms with van der Waals surface area (Å²) in [6.07, 6.45) is 2.32. The van der Waals surface area contributed by atoms with Gasteiger partial charge in [-0.2, -0.15) is 0 Å². The molecule has 2 aromatic rings. The fourth-order valence-corrected chi connectivity index (χ4v) is 3.00. The molecule has 0 atom stereocenters. The van der Waals surface area contributed by atoms with E-state index in [4.69, 9.17) is 0 Å². The minimum Gasteiger partial charge on any atom is -0.0653 e. The van der Waals surface area contributed by atoms with Gasteiger partial charge in [0.1, 0.15) is 0 Å². The molecule has 0 fully saturated rings. The molecule has 0 heterocycles. The van der Waals surface area contributed by atoms with Crippen LogP contribution >= 0.6 is 0 Å². The van der Waals surface area contributed by atoms with E-state index in [0.717, 1.165) is 6.42 Å². The minimum atomic E-state index is 0.414. The molecule has 0 saturated heterocycles. The van der Waals surface area contributed by atoms with Crippen molar-refractivity contribution in [2.24, 2.45) is 0 Å². The van der Waals surface area contributed by atoms with Crippen molar-refractivity contribution < 1.29 is 0 Å². The summed E-state index contributed by atoms with van der Waals surface area (Å²) in [5, 5.41) is 0. The van der Waals surface area contributed by atoms with Crippen LogP contribution in [-0.2, 0) is 0 Å². The Labute approximate surface area is 123 Å². The maximum absolute atomic E-state index is 3.55. The zero-order chi connectivity index (χ0) is 14.7. The standard InChI is InChI=1S/C20H24/c1-6-7-20(18-10-14(2)8-15(3)11-18)19-12-16(4)9-17(5)13-19/h8-10,12,20H,6-7H2,1-5H3. The molecule has 0 unspecified atom stereocenters. The third-order valence-corrected chi connectivity index (χ3v) is 3.67. The Morgan fingerprint density at radius 1 is 0.800 bits per heavy atom. The Morgan fingerprint density at radius 2 is 1.25 bits per heavy atom. The molecule has 0 N–H and O–H groups in total. The van der Waals surface area contributed by atoms with Crippen LogP contribution < -0.4 is 0 Å². The summed E-state index contributed by atoms with van der Waals surface area (Å²) in [4.78, 5) is 0. The fourth-order valence-electron chi connectivity index (χ4n) is 3.00. The molecule has 0 aliphatic heterocycles. The third kappa shape index (κ3) is 3.50. The van der Waals surface area contributed by atoms with Gasteiger partial charge in [0.05, 0.1) is 0 Å². The summed E-state index contributed by atoms with van der Waals surface area (Å²) in [7, 11) is 0. The molecular formula is C20H24. The number of rotatable bonds is 4. The van der Waals surface area contributed by atoms with Crippen molar-refractivity contribution in [3.63, 3.8) is 0 Å². The van der Waals surface area contributed by atoms with E-state index in [0.29, 0.717) is 5.92 Å². The van der Waals surface area contributed by atoms with Gasteiger partial charge < -0.3 is 0 Å². The molecule has 0 nitrogen and oxygen atoms in total. The van der Waals surface area contributed by atoms with Crippen LogP contribution in [0.2, 0.25) is 0 Å². The van der Waals surface area contributed by atoms with Gasteiger partial charge >= 0.3 is 0 Å². The van der Waals surface area contributed by atoms with Gasteiger partial charge in [-0.1, -0.05) is 48.7 Å². The quantitative estimate of drug-likeness (QED) is 0.688. The van der Waals surface area contributed by atoms with E-state index in [9.17, 15) is 0 Å². The number of aryl methyl sites for hydroxylation is 4. The summed E-state index contributed by atoms with van der Waals surface area (Å²) < 4.78 is 0. The van der Waals surface area contributed by atoms with Crippen LogP contribution in [0, 0.1) is 39.8 Å². The first kappa shape index (κ1) is 14.8. The Balaban J connectivity index is 2.49. The molecular weight excluding hydrogens is 240 g/mol. The molecule has 104 valence electrons. The van der Waals surface area contributed by atoms with Crippen LogP contribution in [0.1, 0.15) is 59.1 Å². The molecule has 2 aromatic carbocycles. The Bertz CT molecular complexity index is 501. The first-order chi connectivity index (χ1) is 9.49. The van der Waals surface area contributed by atoms with Gasteiger partial charge in [-0.25, -0.2) is 0 Å². The lowest BCUT2D eigenvalue weighted by molar-refractivity contribution is 0.694. The second-order valence-electron chi connectivity index (χ2n) is 5.93. The smallest absolute Gasteiger partial charge is 0.0102 e. The Morgan fingerprint density at radius 3 is 1.60 bits per heavy atom. The Kier molecular flexibility index (Phi) is 4.65. The van der Waals surface area contributed by atoms with E-state index in [2.05, 4.69) is 71.0 Å². The van der Waals surface area contributed by atoms with Crippen molar-refractivity contribution in [3.05, 3.63) is 69.8 Å². The van der Waals surface area contributed by atoms with Gasteiger partial charge in [0.2, 0.25) is 0 Å². The van der Waals surface area contributed by atoms with Crippen LogP contribution in [0.3, 0.4) is 0 Å². The van der Waals surface area contributed by atoms with E-state index in [1.54, 1.807) is 0 Å². The normalized spacial score (nSPS) is 11.1. The molecule has 0 amide bonds. The van der Waals surface area contributed by atoms with Crippen LogP contribution in [0.4, 0.5) is 0 Å². The van der Waals surface area contributed by atoms with Crippen molar-refractivity contribution in [2.45, 2.75) is 53.4 Å². The van der Waals surface area contributed by atoms with Gasteiger partial charge in [0, 0.05) is 5.92 Å². The molecule has 0 spiro atoms.